The molecule has 0 atom stereocenters. The molecule has 14 heavy (non-hydrogen) atoms. The molecular formula is C10H7FINO. The zero-order chi connectivity index (χ0) is 10.1. The fraction of sp³-hybridized carbons (Fsp3) is 0.100. The molecule has 0 amide bonds. The highest BCUT2D eigenvalue weighted by atomic mass is 127. The number of benzene rings is 1. The summed E-state index contributed by atoms with van der Waals surface area (Å²) in [5, 5.41) is 0.884. The summed E-state index contributed by atoms with van der Waals surface area (Å²) in [6.07, 6.45) is 1.70. The highest BCUT2D eigenvalue weighted by molar-refractivity contribution is 14.1. The standard InChI is InChI=1S/C10H7FINO/c1-14-10-3-6-2-7(12)5-13-9(6)4-8(10)11/h2-5H,1H3. The molecular weight excluding hydrogens is 296 g/mol. The SMILES string of the molecule is COc1cc2cc(I)cnc2cc1F. The lowest BCUT2D eigenvalue weighted by molar-refractivity contribution is 0.387. The van der Waals surface area contributed by atoms with Gasteiger partial charge in [0.15, 0.2) is 11.6 Å². The Morgan fingerprint density at radius 3 is 2.86 bits per heavy atom. The summed E-state index contributed by atoms with van der Waals surface area (Å²) in [5.74, 6) is -0.130. The molecule has 2 nitrogen and oxygen atoms in total. The maximum atomic E-state index is 13.3. The van der Waals surface area contributed by atoms with Crippen molar-refractivity contribution in [2.24, 2.45) is 0 Å². The first kappa shape index (κ1) is 9.64. The Balaban J connectivity index is 2.73. The zero-order valence-electron chi connectivity index (χ0n) is 7.42. The fourth-order valence-electron chi connectivity index (χ4n) is 1.26. The van der Waals surface area contributed by atoms with Gasteiger partial charge in [0.2, 0.25) is 0 Å². The second kappa shape index (κ2) is 3.68. The Hall–Kier alpha value is -0.910. The Kier molecular flexibility index (Phi) is 2.54. The van der Waals surface area contributed by atoms with Crippen LogP contribution in [-0.2, 0) is 0 Å². The number of rotatable bonds is 1. The molecule has 2 rings (SSSR count). The molecule has 4 heteroatoms. The van der Waals surface area contributed by atoms with Crippen LogP contribution in [-0.4, -0.2) is 12.1 Å². The van der Waals surface area contributed by atoms with Gasteiger partial charge >= 0.3 is 0 Å². The molecule has 1 aromatic carbocycles. The highest BCUT2D eigenvalue weighted by Crippen LogP contribution is 2.24. The van der Waals surface area contributed by atoms with E-state index in [1.807, 2.05) is 6.07 Å². The lowest BCUT2D eigenvalue weighted by atomic mass is 10.2. The van der Waals surface area contributed by atoms with Crippen LogP contribution in [0.1, 0.15) is 0 Å². The fourth-order valence-corrected chi connectivity index (χ4v) is 1.73. The summed E-state index contributed by atoms with van der Waals surface area (Å²) in [6.45, 7) is 0. The number of aromatic nitrogens is 1. The minimum atomic E-state index is -0.381. The van der Waals surface area contributed by atoms with Gasteiger partial charge in [0, 0.05) is 21.2 Å². The number of hydrogen-bond acceptors (Lipinski definition) is 2. The van der Waals surface area contributed by atoms with Gasteiger partial charge in [-0.3, -0.25) is 4.98 Å². The van der Waals surface area contributed by atoms with Crippen molar-refractivity contribution in [1.29, 1.82) is 0 Å². The van der Waals surface area contributed by atoms with Crippen LogP contribution in [0.5, 0.6) is 5.75 Å². The third-order valence-corrected chi connectivity index (χ3v) is 2.51. The first-order chi connectivity index (χ1) is 6.70. The van der Waals surface area contributed by atoms with E-state index in [9.17, 15) is 4.39 Å². The van der Waals surface area contributed by atoms with Crippen LogP contribution in [0.4, 0.5) is 4.39 Å². The summed E-state index contributed by atoms with van der Waals surface area (Å²) in [6, 6.07) is 4.97. The van der Waals surface area contributed by atoms with Crippen molar-refractivity contribution in [3.8, 4) is 5.75 Å². The van der Waals surface area contributed by atoms with E-state index in [-0.39, 0.29) is 11.6 Å². The molecule has 0 spiro atoms. The highest BCUT2D eigenvalue weighted by Gasteiger charge is 2.05. The van der Waals surface area contributed by atoms with Crippen molar-refractivity contribution >= 4 is 33.5 Å². The monoisotopic (exact) mass is 303 g/mol. The molecule has 0 aliphatic rings. The Morgan fingerprint density at radius 1 is 1.36 bits per heavy atom. The maximum Gasteiger partial charge on any atom is 0.167 e. The van der Waals surface area contributed by atoms with E-state index < -0.39 is 0 Å². The largest absolute Gasteiger partial charge is 0.494 e. The Labute approximate surface area is 94.2 Å². The average Bonchev–Trinajstić information content (AvgIpc) is 2.17. The summed E-state index contributed by atoms with van der Waals surface area (Å²) in [7, 11) is 1.45. The maximum absolute atomic E-state index is 13.3. The van der Waals surface area contributed by atoms with Crippen molar-refractivity contribution < 1.29 is 9.13 Å². The van der Waals surface area contributed by atoms with E-state index in [0.29, 0.717) is 5.52 Å². The number of methoxy groups -OCH3 is 1. The summed E-state index contributed by atoms with van der Waals surface area (Å²) in [4.78, 5) is 4.11. The van der Waals surface area contributed by atoms with Crippen LogP contribution in [0.25, 0.3) is 10.9 Å². The molecule has 0 saturated heterocycles. The van der Waals surface area contributed by atoms with Crippen LogP contribution < -0.4 is 4.74 Å². The van der Waals surface area contributed by atoms with Crippen molar-refractivity contribution in [2.45, 2.75) is 0 Å². The number of fused-ring (bicyclic) bond motifs is 1. The molecule has 2 aromatic rings. The van der Waals surface area contributed by atoms with Crippen molar-refractivity contribution in [3.63, 3.8) is 0 Å². The van der Waals surface area contributed by atoms with E-state index in [2.05, 4.69) is 27.6 Å². The van der Waals surface area contributed by atoms with E-state index in [1.165, 1.54) is 13.2 Å². The van der Waals surface area contributed by atoms with Crippen molar-refractivity contribution in [1.82, 2.24) is 4.98 Å². The van der Waals surface area contributed by atoms with E-state index in [0.717, 1.165) is 8.96 Å². The summed E-state index contributed by atoms with van der Waals surface area (Å²) < 4.78 is 19.2. The Bertz CT molecular complexity index is 487. The van der Waals surface area contributed by atoms with Crippen molar-refractivity contribution in [3.05, 3.63) is 33.8 Å². The second-order valence-corrected chi connectivity index (χ2v) is 4.08. The van der Waals surface area contributed by atoms with Crippen LogP contribution >= 0.6 is 22.6 Å². The van der Waals surface area contributed by atoms with Gasteiger partial charge in [-0.2, -0.15) is 0 Å². The predicted octanol–water partition coefficient (Wildman–Crippen LogP) is 2.99. The van der Waals surface area contributed by atoms with Gasteiger partial charge in [-0.15, -0.1) is 0 Å². The van der Waals surface area contributed by atoms with Gasteiger partial charge in [-0.05, 0) is 34.7 Å². The third kappa shape index (κ3) is 1.66. The van der Waals surface area contributed by atoms with Gasteiger partial charge in [0.05, 0.1) is 12.6 Å². The van der Waals surface area contributed by atoms with Gasteiger partial charge in [0.25, 0.3) is 0 Å². The number of hydrogen-bond donors (Lipinski definition) is 0. The normalized spacial score (nSPS) is 10.5. The van der Waals surface area contributed by atoms with Crippen molar-refractivity contribution in [2.75, 3.05) is 7.11 Å². The summed E-state index contributed by atoms with van der Waals surface area (Å²) >= 11 is 2.16. The quantitative estimate of drug-likeness (QED) is 0.756. The Morgan fingerprint density at radius 2 is 2.14 bits per heavy atom. The summed E-state index contributed by atoms with van der Waals surface area (Å²) in [5.41, 5.74) is 0.642. The molecule has 1 aromatic heterocycles. The van der Waals surface area contributed by atoms with Crippen LogP contribution in [0.15, 0.2) is 24.4 Å². The van der Waals surface area contributed by atoms with Crippen LogP contribution in [0.2, 0.25) is 0 Å². The second-order valence-electron chi connectivity index (χ2n) is 2.83. The topological polar surface area (TPSA) is 22.1 Å². The van der Waals surface area contributed by atoms with E-state index in [1.54, 1.807) is 12.3 Å². The molecule has 0 bridgehead atoms. The molecule has 0 fully saturated rings. The number of ether oxygens (including phenoxy) is 1. The number of pyridine rings is 1. The molecule has 0 aliphatic heterocycles. The minimum absolute atomic E-state index is 0.251. The first-order valence-electron chi connectivity index (χ1n) is 3.99. The number of halogens is 2. The van der Waals surface area contributed by atoms with Crippen LogP contribution in [0, 0.1) is 9.39 Å². The lowest BCUT2D eigenvalue weighted by Crippen LogP contribution is -1.89. The van der Waals surface area contributed by atoms with E-state index in [4.69, 9.17) is 4.74 Å². The lowest BCUT2D eigenvalue weighted by Gasteiger charge is -2.03. The zero-order valence-corrected chi connectivity index (χ0v) is 9.58. The molecule has 72 valence electrons. The van der Waals surface area contributed by atoms with Gasteiger partial charge in [0.1, 0.15) is 0 Å². The number of nitrogens with zero attached hydrogens (tertiary/aromatic N) is 1. The van der Waals surface area contributed by atoms with Crippen LogP contribution in [0.3, 0.4) is 0 Å². The molecule has 0 saturated carbocycles. The molecule has 0 radical (unpaired) electrons. The smallest absolute Gasteiger partial charge is 0.167 e. The average molecular weight is 303 g/mol. The first-order valence-corrected chi connectivity index (χ1v) is 5.07. The molecule has 0 unspecified atom stereocenters. The molecule has 0 aliphatic carbocycles. The van der Waals surface area contributed by atoms with Gasteiger partial charge in [-0.25, -0.2) is 4.39 Å². The predicted molar refractivity (Wildman–Crippen MR) is 61.0 cm³/mol. The van der Waals surface area contributed by atoms with E-state index >= 15 is 0 Å². The molecule has 1 heterocycles. The third-order valence-electron chi connectivity index (χ3n) is 1.92. The van der Waals surface area contributed by atoms with Gasteiger partial charge < -0.3 is 4.74 Å². The minimum Gasteiger partial charge on any atom is -0.494 e. The van der Waals surface area contributed by atoms with Gasteiger partial charge in [-0.1, -0.05) is 0 Å². The molecule has 0 N–H and O–H groups in total.